The average molecular weight is 220 g/mol. The zero-order valence-electron chi connectivity index (χ0n) is 9.89. The van der Waals surface area contributed by atoms with Gasteiger partial charge in [0.1, 0.15) is 0 Å². The number of piperidine rings is 1. The molecule has 1 aliphatic heterocycles. The van der Waals surface area contributed by atoms with Crippen molar-refractivity contribution >= 4 is 0 Å². The minimum absolute atomic E-state index is 0.0245. The number of hydrogen-bond donors (Lipinski definition) is 1. The average Bonchev–Trinajstić information content (AvgIpc) is 2.17. The Balaban J connectivity index is 2.64. The van der Waals surface area contributed by atoms with E-state index < -0.39 is 18.4 Å². The van der Waals surface area contributed by atoms with Gasteiger partial charge in [-0.3, -0.25) is 4.90 Å². The van der Waals surface area contributed by atoms with Gasteiger partial charge in [-0.2, -0.15) is 0 Å². The molecule has 0 aromatic carbocycles. The van der Waals surface area contributed by atoms with Gasteiger partial charge in [0, 0.05) is 18.0 Å². The van der Waals surface area contributed by atoms with E-state index in [1.54, 1.807) is 0 Å². The molecule has 1 saturated heterocycles. The zero-order valence-corrected chi connectivity index (χ0v) is 9.89. The topological polar surface area (TPSA) is 29.3 Å². The fourth-order valence-electron chi connectivity index (χ4n) is 2.10. The SMILES string of the molecule is CC(C)(C)N1CCCC(C(F)(F)CN)C1. The Hall–Kier alpha value is -0.220. The molecule has 1 rings (SSSR count). The van der Waals surface area contributed by atoms with Crippen LogP contribution in [0.5, 0.6) is 0 Å². The molecule has 0 amide bonds. The Morgan fingerprint density at radius 1 is 1.33 bits per heavy atom. The number of nitrogens with two attached hydrogens (primary N) is 1. The molecule has 15 heavy (non-hydrogen) atoms. The quantitative estimate of drug-likeness (QED) is 0.772. The van der Waals surface area contributed by atoms with Crippen LogP contribution in [0, 0.1) is 5.92 Å². The van der Waals surface area contributed by atoms with Crippen LogP contribution in [0.3, 0.4) is 0 Å². The normalized spacial score (nSPS) is 25.6. The van der Waals surface area contributed by atoms with Crippen molar-refractivity contribution in [2.24, 2.45) is 11.7 Å². The van der Waals surface area contributed by atoms with Crippen molar-refractivity contribution in [3.8, 4) is 0 Å². The Morgan fingerprint density at radius 3 is 2.40 bits per heavy atom. The summed E-state index contributed by atoms with van der Waals surface area (Å²) >= 11 is 0. The van der Waals surface area contributed by atoms with Crippen molar-refractivity contribution in [2.75, 3.05) is 19.6 Å². The summed E-state index contributed by atoms with van der Waals surface area (Å²) in [5, 5.41) is 0. The van der Waals surface area contributed by atoms with Crippen molar-refractivity contribution in [3.05, 3.63) is 0 Å². The number of likely N-dealkylation sites (tertiary alicyclic amines) is 1. The van der Waals surface area contributed by atoms with Gasteiger partial charge in [0.05, 0.1) is 6.54 Å². The van der Waals surface area contributed by atoms with E-state index in [0.29, 0.717) is 13.0 Å². The molecule has 1 fully saturated rings. The van der Waals surface area contributed by atoms with E-state index in [2.05, 4.69) is 25.7 Å². The monoisotopic (exact) mass is 220 g/mol. The van der Waals surface area contributed by atoms with E-state index >= 15 is 0 Å². The summed E-state index contributed by atoms with van der Waals surface area (Å²) in [5.74, 6) is -3.28. The lowest BCUT2D eigenvalue weighted by Crippen LogP contribution is -2.52. The second-order valence-electron chi connectivity index (χ2n) is 5.42. The summed E-state index contributed by atoms with van der Waals surface area (Å²) in [4.78, 5) is 2.13. The van der Waals surface area contributed by atoms with Gasteiger partial charge in [-0.25, -0.2) is 8.78 Å². The molecule has 0 aromatic heterocycles. The molecule has 0 radical (unpaired) electrons. The fraction of sp³-hybridized carbons (Fsp3) is 1.00. The van der Waals surface area contributed by atoms with Crippen molar-refractivity contribution in [1.82, 2.24) is 4.90 Å². The highest BCUT2D eigenvalue weighted by molar-refractivity contribution is 4.88. The summed E-state index contributed by atoms with van der Waals surface area (Å²) in [7, 11) is 0. The first-order chi connectivity index (χ1) is 6.77. The van der Waals surface area contributed by atoms with Crippen LogP contribution >= 0.6 is 0 Å². The van der Waals surface area contributed by atoms with E-state index in [0.717, 1.165) is 13.0 Å². The van der Waals surface area contributed by atoms with Crippen LogP contribution < -0.4 is 5.73 Å². The molecule has 1 unspecified atom stereocenters. The number of nitrogens with zero attached hydrogens (tertiary/aromatic N) is 1. The van der Waals surface area contributed by atoms with Crippen molar-refractivity contribution in [3.63, 3.8) is 0 Å². The lowest BCUT2D eigenvalue weighted by molar-refractivity contribution is -0.0849. The number of rotatable bonds is 2. The molecule has 0 spiro atoms. The highest BCUT2D eigenvalue weighted by Gasteiger charge is 2.42. The van der Waals surface area contributed by atoms with Gasteiger partial charge in [-0.1, -0.05) is 0 Å². The van der Waals surface area contributed by atoms with Crippen LogP contribution in [0.4, 0.5) is 8.78 Å². The van der Waals surface area contributed by atoms with Gasteiger partial charge in [0.2, 0.25) is 0 Å². The largest absolute Gasteiger partial charge is 0.325 e. The maximum atomic E-state index is 13.4. The molecule has 1 atom stereocenters. The third kappa shape index (κ3) is 3.11. The van der Waals surface area contributed by atoms with Crippen molar-refractivity contribution in [1.29, 1.82) is 0 Å². The summed E-state index contributed by atoms with van der Waals surface area (Å²) in [5.41, 5.74) is 5.10. The standard InChI is InChI=1S/C11H22F2N2/c1-10(2,3)15-6-4-5-9(7-15)11(12,13)8-14/h9H,4-8,14H2,1-3H3. The van der Waals surface area contributed by atoms with Crippen LogP contribution in [0.1, 0.15) is 33.6 Å². The molecule has 0 saturated carbocycles. The smallest absolute Gasteiger partial charge is 0.264 e. The molecule has 2 nitrogen and oxygen atoms in total. The summed E-state index contributed by atoms with van der Waals surface area (Å²) in [6.45, 7) is 7.05. The summed E-state index contributed by atoms with van der Waals surface area (Å²) in [6, 6.07) is 0. The maximum absolute atomic E-state index is 13.4. The minimum Gasteiger partial charge on any atom is -0.325 e. The van der Waals surface area contributed by atoms with E-state index in [4.69, 9.17) is 5.73 Å². The fourth-order valence-corrected chi connectivity index (χ4v) is 2.10. The minimum atomic E-state index is -2.70. The third-order valence-corrected chi connectivity index (χ3v) is 3.24. The van der Waals surface area contributed by atoms with Crippen molar-refractivity contribution < 1.29 is 8.78 Å². The molecular weight excluding hydrogens is 198 g/mol. The van der Waals surface area contributed by atoms with E-state index in [1.165, 1.54) is 0 Å². The van der Waals surface area contributed by atoms with Crippen LogP contribution in [-0.2, 0) is 0 Å². The molecule has 90 valence electrons. The first-order valence-corrected chi connectivity index (χ1v) is 5.60. The molecule has 2 N–H and O–H groups in total. The summed E-state index contributed by atoms with van der Waals surface area (Å²) < 4.78 is 26.9. The Labute approximate surface area is 90.8 Å². The van der Waals surface area contributed by atoms with Crippen LogP contribution in [0.2, 0.25) is 0 Å². The molecule has 1 aliphatic rings. The molecule has 0 aromatic rings. The lowest BCUT2D eigenvalue weighted by Gasteiger charge is -2.43. The van der Waals surface area contributed by atoms with Crippen LogP contribution in [0.25, 0.3) is 0 Å². The van der Waals surface area contributed by atoms with Gasteiger partial charge in [0.15, 0.2) is 0 Å². The number of hydrogen-bond acceptors (Lipinski definition) is 2. The second kappa shape index (κ2) is 4.34. The van der Waals surface area contributed by atoms with Gasteiger partial charge >= 0.3 is 0 Å². The molecule has 0 bridgehead atoms. The predicted molar refractivity (Wildman–Crippen MR) is 58.1 cm³/mol. The van der Waals surface area contributed by atoms with Gasteiger partial charge in [-0.05, 0) is 40.2 Å². The Morgan fingerprint density at radius 2 is 1.93 bits per heavy atom. The highest BCUT2D eigenvalue weighted by atomic mass is 19.3. The third-order valence-electron chi connectivity index (χ3n) is 3.24. The second-order valence-corrected chi connectivity index (χ2v) is 5.42. The van der Waals surface area contributed by atoms with Crippen LogP contribution in [0.15, 0.2) is 0 Å². The predicted octanol–water partition coefficient (Wildman–Crippen LogP) is 2.09. The Kier molecular flexibility index (Phi) is 3.71. The summed E-state index contributed by atoms with van der Waals surface area (Å²) in [6.07, 6.45) is 1.44. The van der Waals surface area contributed by atoms with E-state index in [9.17, 15) is 8.78 Å². The van der Waals surface area contributed by atoms with E-state index in [1.807, 2.05) is 0 Å². The molecular formula is C11H22F2N2. The van der Waals surface area contributed by atoms with E-state index in [-0.39, 0.29) is 5.54 Å². The number of halogens is 2. The van der Waals surface area contributed by atoms with Gasteiger partial charge in [0.25, 0.3) is 5.92 Å². The molecule has 4 heteroatoms. The molecule has 1 heterocycles. The number of alkyl halides is 2. The van der Waals surface area contributed by atoms with Crippen molar-refractivity contribution in [2.45, 2.75) is 45.1 Å². The van der Waals surface area contributed by atoms with Gasteiger partial charge in [-0.15, -0.1) is 0 Å². The van der Waals surface area contributed by atoms with Gasteiger partial charge < -0.3 is 5.73 Å². The zero-order chi connectivity index (χ0) is 11.7. The lowest BCUT2D eigenvalue weighted by atomic mass is 9.89. The maximum Gasteiger partial charge on any atom is 0.264 e. The first kappa shape index (κ1) is 12.8. The first-order valence-electron chi connectivity index (χ1n) is 5.60. The molecule has 0 aliphatic carbocycles. The van der Waals surface area contributed by atoms with Crippen LogP contribution in [-0.4, -0.2) is 36.0 Å². The highest BCUT2D eigenvalue weighted by Crippen LogP contribution is 2.33. The Bertz CT molecular complexity index is 211.